The number of halogens is 1. The smallest absolute Gasteiger partial charge is 0.310 e. The lowest BCUT2D eigenvalue weighted by Gasteiger charge is -2.10. The van der Waals surface area contributed by atoms with Crippen molar-refractivity contribution in [2.24, 2.45) is 0 Å². The molecule has 0 saturated carbocycles. The molecule has 0 fully saturated rings. The van der Waals surface area contributed by atoms with Gasteiger partial charge in [-0.1, -0.05) is 11.6 Å². The maximum absolute atomic E-state index is 11.4. The van der Waals surface area contributed by atoms with E-state index >= 15 is 0 Å². The van der Waals surface area contributed by atoms with E-state index in [4.69, 9.17) is 26.3 Å². The second-order valence-corrected chi connectivity index (χ2v) is 3.58. The summed E-state index contributed by atoms with van der Waals surface area (Å²) >= 11 is 6.03. The van der Waals surface area contributed by atoms with Gasteiger partial charge in [0.05, 0.1) is 30.7 Å². The van der Waals surface area contributed by atoms with Crippen molar-refractivity contribution < 1.29 is 14.3 Å². The lowest BCUT2D eigenvalue weighted by Crippen LogP contribution is -2.09. The molecule has 0 bridgehead atoms. The zero-order valence-corrected chi connectivity index (χ0v) is 10.4. The van der Waals surface area contributed by atoms with E-state index < -0.39 is 5.97 Å². The van der Waals surface area contributed by atoms with E-state index in [1.165, 1.54) is 7.11 Å². The van der Waals surface area contributed by atoms with E-state index in [0.29, 0.717) is 23.5 Å². The number of esters is 1. The number of nitrogens with zero attached hydrogens (tertiary/aromatic N) is 1. The van der Waals surface area contributed by atoms with E-state index in [2.05, 4.69) is 0 Å². The molecule has 0 N–H and O–H groups in total. The molecular formula is C12H12ClNO3. The van der Waals surface area contributed by atoms with Gasteiger partial charge in [0.25, 0.3) is 0 Å². The molecular weight excluding hydrogens is 242 g/mol. The summed E-state index contributed by atoms with van der Waals surface area (Å²) in [6.45, 7) is 2.03. The minimum Gasteiger partial charge on any atom is -0.496 e. The standard InChI is InChI=1S/C12H12ClNO3/c1-3-17-11(15)6-9-10(16-2)5-4-8(7-14)12(9)13/h4-5H,3,6H2,1-2H3. The van der Waals surface area contributed by atoms with Crippen LogP contribution in [-0.2, 0) is 16.0 Å². The van der Waals surface area contributed by atoms with Crippen LogP contribution < -0.4 is 4.74 Å². The van der Waals surface area contributed by atoms with Crippen molar-refractivity contribution >= 4 is 17.6 Å². The first kappa shape index (κ1) is 13.3. The molecule has 90 valence electrons. The lowest BCUT2D eigenvalue weighted by atomic mass is 10.1. The Morgan fingerprint density at radius 2 is 2.24 bits per heavy atom. The van der Waals surface area contributed by atoms with Gasteiger partial charge in [-0.15, -0.1) is 0 Å². The van der Waals surface area contributed by atoms with Crippen LogP contribution in [0, 0.1) is 11.3 Å². The summed E-state index contributed by atoms with van der Waals surface area (Å²) in [7, 11) is 1.48. The summed E-state index contributed by atoms with van der Waals surface area (Å²) < 4.78 is 9.94. The van der Waals surface area contributed by atoms with Crippen molar-refractivity contribution in [1.29, 1.82) is 5.26 Å². The van der Waals surface area contributed by atoms with E-state index in [1.54, 1.807) is 19.1 Å². The normalized spacial score (nSPS) is 9.53. The first-order valence-electron chi connectivity index (χ1n) is 5.05. The highest BCUT2D eigenvalue weighted by atomic mass is 35.5. The maximum atomic E-state index is 11.4. The Hall–Kier alpha value is -1.73. The Balaban J connectivity index is 3.11. The van der Waals surface area contributed by atoms with Crippen LogP contribution in [0.5, 0.6) is 5.75 Å². The topological polar surface area (TPSA) is 59.3 Å². The fourth-order valence-corrected chi connectivity index (χ4v) is 1.67. The summed E-state index contributed by atoms with van der Waals surface area (Å²) in [4.78, 5) is 11.4. The molecule has 0 unspecified atom stereocenters. The van der Waals surface area contributed by atoms with Gasteiger partial charge in [0.15, 0.2) is 0 Å². The number of hydrogen-bond acceptors (Lipinski definition) is 4. The summed E-state index contributed by atoms with van der Waals surface area (Å²) in [5, 5.41) is 9.09. The zero-order valence-electron chi connectivity index (χ0n) is 9.62. The molecule has 0 saturated heterocycles. The number of nitriles is 1. The molecule has 0 aliphatic rings. The number of carbonyl (C=O) groups is 1. The van der Waals surface area contributed by atoms with Crippen LogP contribution in [0.15, 0.2) is 12.1 Å². The monoisotopic (exact) mass is 253 g/mol. The van der Waals surface area contributed by atoms with Crippen molar-refractivity contribution in [3.8, 4) is 11.8 Å². The van der Waals surface area contributed by atoms with E-state index in [-0.39, 0.29) is 11.4 Å². The highest BCUT2D eigenvalue weighted by Crippen LogP contribution is 2.30. The third kappa shape index (κ3) is 3.11. The molecule has 1 rings (SSSR count). The Morgan fingerprint density at radius 1 is 1.53 bits per heavy atom. The molecule has 0 spiro atoms. The molecule has 0 atom stereocenters. The summed E-state index contributed by atoms with van der Waals surface area (Å²) in [5.41, 5.74) is 0.790. The van der Waals surface area contributed by atoms with E-state index in [1.807, 2.05) is 6.07 Å². The Kier molecular flexibility index (Phi) is 4.80. The van der Waals surface area contributed by atoms with Crippen molar-refractivity contribution in [2.75, 3.05) is 13.7 Å². The van der Waals surface area contributed by atoms with Gasteiger partial charge in [-0.25, -0.2) is 0 Å². The average Bonchev–Trinajstić information content (AvgIpc) is 2.32. The number of ether oxygens (including phenoxy) is 2. The van der Waals surface area contributed by atoms with Crippen LogP contribution in [0.1, 0.15) is 18.1 Å². The highest BCUT2D eigenvalue weighted by molar-refractivity contribution is 6.32. The Morgan fingerprint density at radius 3 is 2.76 bits per heavy atom. The van der Waals surface area contributed by atoms with Crippen LogP contribution in [0.25, 0.3) is 0 Å². The lowest BCUT2D eigenvalue weighted by molar-refractivity contribution is -0.142. The molecule has 1 aromatic rings. The molecule has 5 heteroatoms. The predicted molar refractivity (Wildman–Crippen MR) is 63.1 cm³/mol. The van der Waals surface area contributed by atoms with Gasteiger partial charge in [0.1, 0.15) is 11.8 Å². The van der Waals surface area contributed by atoms with Crippen molar-refractivity contribution in [3.05, 3.63) is 28.3 Å². The zero-order chi connectivity index (χ0) is 12.8. The van der Waals surface area contributed by atoms with Crippen LogP contribution in [0.3, 0.4) is 0 Å². The fraction of sp³-hybridized carbons (Fsp3) is 0.333. The molecule has 0 radical (unpaired) electrons. The minimum absolute atomic E-state index is 0.00856. The van der Waals surface area contributed by atoms with E-state index in [9.17, 15) is 4.79 Å². The summed E-state index contributed by atoms with van der Waals surface area (Å²) in [6.07, 6.45) is -0.00856. The van der Waals surface area contributed by atoms with Crippen LogP contribution in [0.4, 0.5) is 0 Å². The van der Waals surface area contributed by atoms with Gasteiger partial charge in [0, 0.05) is 5.56 Å². The molecule has 1 aromatic carbocycles. The summed E-state index contributed by atoms with van der Waals surface area (Å²) in [6, 6.07) is 5.11. The van der Waals surface area contributed by atoms with Crippen molar-refractivity contribution in [2.45, 2.75) is 13.3 Å². The van der Waals surface area contributed by atoms with Crippen LogP contribution >= 0.6 is 11.6 Å². The number of hydrogen-bond donors (Lipinski definition) is 0. The molecule has 0 heterocycles. The van der Waals surface area contributed by atoms with Gasteiger partial charge in [-0.05, 0) is 19.1 Å². The minimum atomic E-state index is -0.400. The van der Waals surface area contributed by atoms with Crippen molar-refractivity contribution in [3.63, 3.8) is 0 Å². The molecule has 0 aliphatic carbocycles. The first-order valence-corrected chi connectivity index (χ1v) is 5.42. The molecule has 0 aromatic heterocycles. The highest BCUT2D eigenvalue weighted by Gasteiger charge is 2.16. The Bertz CT molecular complexity index is 466. The van der Waals surface area contributed by atoms with E-state index in [0.717, 1.165) is 0 Å². The number of rotatable bonds is 4. The Labute approximate surface area is 105 Å². The molecule has 17 heavy (non-hydrogen) atoms. The maximum Gasteiger partial charge on any atom is 0.310 e. The van der Waals surface area contributed by atoms with Crippen molar-refractivity contribution in [1.82, 2.24) is 0 Å². The third-order valence-electron chi connectivity index (χ3n) is 2.17. The number of methoxy groups -OCH3 is 1. The van der Waals surface area contributed by atoms with Crippen LogP contribution in [-0.4, -0.2) is 19.7 Å². The second kappa shape index (κ2) is 6.12. The van der Waals surface area contributed by atoms with Gasteiger partial charge >= 0.3 is 5.97 Å². The largest absolute Gasteiger partial charge is 0.496 e. The average molecular weight is 254 g/mol. The van der Waals surface area contributed by atoms with Gasteiger partial charge in [-0.2, -0.15) is 5.26 Å². The predicted octanol–water partition coefficient (Wildman–Crippen LogP) is 2.33. The van der Waals surface area contributed by atoms with Gasteiger partial charge in [-0.3, -0.25) is 4.79 Å². The molecule has 0 amide bonds. The van der Waals surface area contributed by atoms with Crippen LogP contribution in [0.2, 0.25) is 5.02 Å². The fourth-order valence-electron chi connectivity index (χ4n) is 1.40. The second-order valence-electron chi connectivity index (χ2n) is 3.20. The quantitative estimate of drug-likeness (QED) is 0.773. The number of carbonyl (C=O) groups excluding carboxylic acids is 1. The summed E-state index contributed by atoms with van der Waals surface area (Å²) in [5.74, 6) is 0.0739. The first-order chi connectivity index (χ1) is 8.13. The third-order valence-corrected chi connectivity index (χ3v) is 2.60. The SMILES string of the molecule is CCOC(=O)Cc1c(OC)ccc(C#N)c1Cl. The number of benzene rings is 1. The van der Waals surface area contributed by atoms with Gasteiger partial charge < -0.3 is 9.47 Å². The van der Waals surface area contributed by atoms with Gasteiger partial charge in [0.2, 0.25) is 0 Å². The molecule has 4 nitrogen and oxygen atoms in total. The molecule has 0 aliphatic heterocycles.